The number of aryl methyl sites for hydroxylation is 1. The smallest absolute Gasteiger partial charge is 0.252 e. The molecule has 8 nitrogen and oxygen atoms in total. The minimum absolute atomic E-state index is 0.213. The Morgan fingerprint density at radius 3 is 2.75 bits per heavy atom. The van der Waals surface area contributed by atoms with E-state index in [-0.39, 0.29) is 18.2 Å². The zero-order valence-corrected chi connectivity index (χ0v) is 18.0. The van der Waals surface area contributed by atoms with Crippen LogP contribution < -0.4 is 11.1 Å². The first-order chi connectivity index (χ1) is 15.4. The average molecular weight is 434 g/mol. The van der Waals surface area contributed by atoms with Crippen molar-refractivity contribution in [1.29, 1.82) is 0 Å². The van der Waals surface area contributed by atoms with E-state index in [0.717, 1.165) is 5.69 Å². The van der Waals surface area contributed by atoms with E-state index < -0.39 is 11.9 Å². The molecule has 3 heterocycles. The van der Waals surface area contributed by atoms with Crippen LogP contribution in [0.2, 0.25) is 0 Å². The molecule has 9 heteroatoms. The van der Waals surface area contributed by atoms with Crippen molar-refractivity contribution in [3.63, 3.8) is 0 Å². The first kappa shape index (κ1) is 21.4. The molecule has 0 fully saturated rings. The summed E-state index contributed by atoms with van der Waals surface area (Å²) in [5.41, 5.74) is 9.25. The lowest BCUT2D eigenvalue weighted by atomic mass is 10.0. The molecule has 32 heavy (non-hydrogen) atoms. The van der Waals surface area contributed by atoms with E-state index in [1.54, 1.807) is 35.0 Å². The van der Waals surface area contributed by atoms with Gasteiger partial charge in [-0.25, -0.2) is 4.98 Å². The van der Waals surface area contributed by atoms with Crippen LogP contribution in [0.4, 0.5) is 10.1 Å². The van der Waals surface area contributed by atoms with Gasteiger partial charge in [0.2, 0.25) is 5.95 Å². The number of nitrogens with two attached hydrogens (primary N) is 1. The van der Waals surface area contributed by atoms with E-state index in [1.165, 1.54) is 13.3 Å². The lowest BCUT2D eigenvalue weighted by molar-refractivity contribution is 0.100. The number of nitrogens with one attached hydrogen (secondary N) is 1. The third-order valence-electron chi connectivity index (χ3n) is 5.18. The summed E-state index contributed by atoms with van der Waals surface area (Å²) in [7, 11) is 3.36. The van der Waals surface area contributed by atoms with Crippen molar-refractivity contribution in [2.45, 2.75) is 19.6 Å². The molecule has 164 valence electrons. The number of rotatable bonds is 7. The lowest BCUT2D eigenvalue weighted by Crippen LogP contribution is -2.17. The molecule has 0 spiro atoms. The van der Waals surface area contributed by atoms with Crippen molar-refractivity contribution in [1.82, 2.24) is 19.7 Å². The van der Waals surface area contributed by atoms with E-state index in [1.807, 2.05) is 26.2 Å². The molecule has 4 rings (SSSR count). The maximum atomic E-state index is 14.7. The van der Waals surface area contributed by atoms with E-state index in [4.69, 9.17) is 10.5 Å². The number of pyridine rings is 2. The number of nitrogens with zero attached hydrogens (tertiary/aromatic N) is 4. The molecular formula is C23H23FN6O2. The van der Waals surface area contributed by atoms with Crippen LogP contribution in [0.25, 0.3) is 22.0 Å². The zero-order chi connectivity index (χ0) is 22.8. The summed E-state index contributed by atoms with van der Waals surface area (Å²) in [4.78, 5) is 20.5. The van der Waals surface area contributed by atoms with Gasteiger partial charge in [0, 0.05) is 37.5 Å². The van der Waals surface area contributed by atoms with Gasteiger partial charge in [0.1, 0.15) is 0 Å². The third kappa shape index (κ3) is 4.15. The fourth-order valence-electron chi connectivity index (χ4n) is 3.57. The summed E-state index contributed by atoms with van der Waals surface area (Å²) in [6.07, 6.45) is 3.29. The summed E-state index contributed by atoms with van der Waals surface area (Å²) < 4.78 is 21.4. The number of carbonyl (C=O) groups excluding carboxylic acids is 1. The highest BCUT2D eigenvalue weighted by Gasteiger charge is 2.18. The van der Waals surface area contributed by atoms with Crippen LogP contribution in [0.1, 0.15) is 34.7 Å². The molecule has 0 aliphatic carbocycles. The number of fused-ring (bicyclic) bond motifs is 1. The number of aromatic nitrogens is 4. The van der Waals surface area contributed by atoms with E-state index in [0.29, 0.717) is 33.4 Å². The molecular weight excluding hydrogens is 411 g/mol. The molecule has 0 saturated heterocycles. The van der Waals surface area contributed by atoms with Crippen molar-refractivity contribution in [3.8, 4) is 11.1 Å². The van der Waals surface area contributed by atoms with Gasteiger partial charge in [-0.15, -0.1) is 0 Å². The Labute approximate surface area is 184 Å². The Morgan fingerprint density at radius 1 is 1.28 bits per heavy atom. The molecule has 0 radical (unpaired) electrons. The van der Waals surface area contributed by atoms with Gasteiger partial charge in [-0.3, -0.25) is 14.5 Å². The highest BCUT2D eigenvalue weighted by Crippen LogP contribution is 2.33. The average Bonchev–Trinajstić information content (AvgIpc) is 3.20. The number of primary amides is 1. The number of amides is 1. The third-order valence-corrected chi connectivity index (χ3v) is 5.18. The van der Waals surface area contributed by atoms with Crippen molar-refractivity contribution in [2.75, 3.05) is 12.4 Å². The van der Waals surface area contributed by atoms with Crippen LogP contribution in [-0.2, 0) is 18.4 Å². The lowest BCUT2D eigenvalue weighted by Gasteiger charge is -2.18. The molecule has 0 bridgehead atoms. The van der Waals surface area contributed by atoms with E-state index in [2.05, 4.69) is 20.4 Å². The Bertz CT molecular complexity index is 1300. The van der Waals surface area contributed by atoms with Crippen molar-refractivity contribution < 1.29 is 13.9 Å². The summed E-state index contributed by atoms with van der Waals surface area (Å²) >= 11 is 0. The van der Waals surface area contributed by atoms with Gasteiger partial charge in [0.15, 0.2) is 0 Å². The first-order valence-corrected chi connectivity index (χ1v) is 10.0. The number of hydrogen-bond donors (Lipinski definition) is 2. The molecule has 0 saturated carbocycles. The Balaban J connectivity index is 1.82. The Kier molecular flexibility index (Phi) is 5.83. The molecule has 0 aliphatic heterocycles. The van der Waals surface area contributed by atoms with Gasteiger partial charge < -0.3 is 15.8 Å². The molecule has 1 atom stereocenters. The second-order valence-corrected chi connectivity index (χ2v) is 7.50. The van der Waals surface area contributed by atoms with Gasteiger partial charge >= 0.3 is 0 Å². The molecule has 1 aromatic carbocycles. The predicted octanol–water partition coefficient (Wildman–Crippen LogP) is 3.59. The molecule has 0 aliphatic rings. The highest BCUT2D eigenvalue weighted by atomic mass is 19.1. The van der Waals surface area contributed by atoms with Gasteiger partial charge in [-0.05, 0) is 42.8 Å². The first-order valence-electron chi connectivity index (χ1n) is 10.0. The maximum Gasteiger partial charge on any atom is 0.252 e. The summed E-state index contributed by atoms with van der Waals surface area (Å²) in [6.45, 7) is 2.15. The second kappa shape index (κ2) is 8.72. The van der Waals surface area contributed by atoms with Gasteiger partial charge in [-0.2, -0.15) is 9.49 Å². The molecule has 4 aromatic rings. The number of benzene rings is 1. The quantitative estimate of drug-likeness (QED) is 0.431. The van der Waals surface area contributed by atoms with Gasteiger partial charge in [0.05, 0.1) is 40.8 Å². The summed E-state index contributed by atoms with van der Waals surface area (Å²) in [5, 5.41) is 8.40. The minimum Gasteiger partial charge on any atom is -0.378 e. The monoisotopic (exact) mass is 434 g/mol. The second-order valence-electron chi connectivity index (χ2n) is 7.50. The largest absolute Gasteiger partial charge is 0.378 e. The highest BCUT2D eigenvalue weighted by molar-refractivity contribution is 6.07. The Hall–Kier alpha value is -3.85. The fourth-order valence-corrected chi connectivity index (χ4v) is 3.57. The van der Waals surface area contributed by atoms with Crippen LogP contribution >= 0.6 is 0 Å². The number of methoxy groups -OCH3 is 1. The van der Waals surface area contributed by atoms with Gasteiger partial charge in [0.25, 0.3) is 5.91 Å². The molecule has 1 amide bonds. The Morgan fingerprint density at radius 2 is 2.09 bits per heavy atom. The number of hydrogen-bond acceptors (Lipinski definition) is 6. The predicted molar refractivity (Wildman–Crippen MR) is 119 cm³/mol. The van der Waals surface area contributed by atoms with Crippen LogP contribution in [0.15, 0.2) is 48.8 Å². The van der Waals surface area contributed by atoms with Crippen molar-refractivity contribution in [3.05, 3.63) is 71.7 Å². The fraction of sp³-hybridized carbons (Fsp3) is 0.217. The van der Waals surface area contributed by atoms with Gasteiger partial charge in [-0.1, -0.05) is 6.07 Å². The number of anilines is 1. The molecule has 0 unspecified atom stereocenters. The van der Waals surface area contributed by atoms with Crippen molar-refractivity contribution in [2.24, 2.45) is 12.8 Å². The number of carbonyl (C=O) groups is 1. The van der Waals surface area contributed by atoms with E-state index >= 15 is 0 Å². The maximum absolute atomic E-state index is 14.7. The topological polar surface area (TPSA) is 108 Å². The van der Waals surface area contributed by atoms with Crippen LogP contribution in [-0.4, -0.2) is 32.8 Å². The van der Waals surface area contributed by atoms with Crippen LogP contribution in [0.3, 0.4) is 0 Å². The SMILES string of the molecule is COCc1ccc(-c2ccc3ncc(C(N)=O)c(N[C@@H](C)c4ccn(C)n4)c3c2)c(F)n1. The minimum atomic E-state index is -0.614. The summed E-state index contributed by atoms with van der Waals surface area (Å²) in [5.74, 6) is -1.22. The molecule has 3 aromatic heterocycles. The van der Waals surface area contributed by atoms with E-state index in [9.17, 15) is 9.18 Å². The number of ether oxygens (including phenoxy) is 1. The van der Waals surface area contributed by atoms with Crippen molar-refractivity contribution >= 4 is 22.5 Å². The summed E-state index contributed by atoms with van der Waals surface area (Å²) in [6, 6.07) is 10.4. The standard InChI is InChI=1S/C23H23FN6O2/c1-13(19-8-9-30(2)29-19)27-21-17-10-14(4-7-20(17)26-11-18(21)23(25)31)16-6-5-15(12-32-3)28-22(16)24/h4-11,13H,12H2,1-3H3,(H2,25,31)(H,26,27)/t13-/m0/s1. The normalized spacial score (nSPS) is 12.1. The molecule has 3 N–H and O–H groups in total. The van der Waals surface area contributed by atoms with Crippen LogP contribution in [0, 0.1) is 5.95 Å². The van der Waals surface area contributed by atoms with Crippen LogP contribution in [0.5, 0.6) is 0 Å². The number of halogens is 1. The zero-order valence-electron chi connectivity index (χ0n) is 18.0.